The third kappa shape index (κ3) is 6.18. The second-order valence-electron chi connectivity index (χ2n) is 19.3. The molecule has 5 aliphatic carbocycles. The quantitative estimate of drug-likeness (QED) is 0.257. The third-order valence-corrected chi connectivity index (χ3v) is 15.3. The Kier molecular flexibility index (Phi) is 9.71. The van der Waals surface area contributed by atoms with Crippen molar-refractivity contribution in [3.05, 3.63) is 41.2 Å². The number of carbonyl (C=O) groups excluding carboxylic acids is 3. The van der Waals surface area contributed by atoms with Gasteiger partial charge in [-0.1, -0.05) is 47.1 Å². The number of ketones is 1. The molecule has 8 unspecified atom stereocenters. The maximum atomic E-state index is 13.9. The molecule has 0 bridgehead atoms. The average Bonchev–Trinajstić information content (AvgIpc) is 3.37. The van der Waals surface area contributed by atoms with Crippen LogP contribution in [0.2, 0.25) is 0 Å². The van der Waals surface area contributed by atoms with Crippen LogP contribution in [-0.2, 0) is 19.1 Å². The van der Waals surface area contributed by atoms with E-state index in [1.54, 1.807) is 32.3 Å². The van der Waals surface area contributed by atoms with Crippen LogP contribution < -0.4 is 0 Å². The first-order chi connectivity index (χ1) is 23.8. The van der Waals surface area contributed by atoms with Crippen LogP contribution in [0.15, 0.2) is 35.7 Å². The van der Waals surface area contributed by atoms with Gasteiger partial charge in [-0.3, -0.25) is 24.2 Å². The molecule has 1 aromatic heterocycles. The number of Topliss-reactive ketones (excluding diaryl/α,β-unsaturated/α-hetero) is 1. The SMILES string of the molecule is CC(C)C1=C2C3CCC4C(C)(CCC5C(C)(C)C(OC(=O)CC(C)(C)C(=O)O)CCC54C)C3CCC2(CCN(C)C(=O)c2cccnc2)CC1=O. The number of fused-ring (bicyclic) bond motifs is 7. The van der Waals surface area contributed by atoms with Crippen LogP contribution in [0.3, 0.4) is 0 Å². The second kappa shape index (κ2) is 13.1. The van der Waals surface area contributed by atoms with Crippen molar-refractivity contribution in [3.63, 3.8) is 0 Å². The molecule has 0 saturated heterocycles. The number of amides is 1. The lowest BCUT2D eigenvalue weighted by Gasteiger charge is -2.69. The molecule has 0 spiro atoms. The first-order valence-electron chi connectivity index (χ1n) is 19.6. The summed E-state index contributed by atoms with van der Waals surface area (Å²) in [5.41, 5.74) is 1.83. The normalized spacial score (nSPS) is 35.7. The molecule has 8 atom stereocenters. The molecule has 8 nitrogen and oxygen atoms in total. The van der Waals surface area contributed by atoms with Gasteiger partial charge in [-0.25, -0.2) is 0 Å². The molecule has 1 aromatic rings. The molecule has 4 saturated carbocycles. The van der Waals surface area contributed by atoms with Gasteiger partial charge in [-0.15, -0.1) is 0 Å². The molecule has 0 radical (unpaired) electrons. The van der Waals surface area contributed by atoms with E-state index in [0.29, 0.717) is 48.0 Å². The second-order valence-corrected chi connectivity index (χ2v) is 19.3. The lowest BCUT2D eigenvalue weighted by molar-refractivity contribution is -0.213. The summed E-state index contributed by atoms with van der Waals surface area (Å²) in [6, 6.07) is 3.61. The Balaban J connectivity index is 1.23. The van der Waals surface area contributed by atoms with Gasteiger partial charge in [-0.05, 0) is 130 Å². The molecule has 1 amide bonds. The maximum Gasteiger partial charge on any atom is 0.309 e. The Labute approximate surface area is 305 Å². The lowest BCUT2D eigenvalue weighted by Crippen LogP contribution is -2.63. The van der Waals surface area contributed by atoms with Crippen molar-refractivity contribution in [1.29, 1.82) is 0 Å². The predicted octanol–water partition coefficient (Wildman–Crippen LogP) is 8.55. The van der Waals surface area contributed by atoms with Gasteiger partial charge >= 0.3 is 11.9 Å². The molecule has 4 fully saturated rings. The number of nitrogens with zero attached hydrogens (tertiary/aromatic N) is 2. The predicted molar refractivity (Wildman–Crippen MR) is 197 cm³/mol. The van der Waals surface area contributed by atoms with Crippen LogP contribution in [0, 0.1) is 56.7 Å². The van der Waals surface area contributed by atoms with Crippen molar-refractivity contribution in [2.24, 2.45) is 56.7 Å². The minimum Gasteiger partial charge on any atom is -0.481 e. The number of hydrogen-bond donors (Lipinski definition) is 1. The van der Waals surface area contributed by atoms with E-state index >= 15 is 0 Å². The van der Waals surface area contributed by atoms with Crippen molar-refractivity contribution in [2.75, 3.05) is 13.6 Å². The fourth-order valence-electron chi connectivity index (χ4n) is 12.8. The molecular weight excluding hydrogens is 640 g/mol. The van der Waals surface area contributed by atoms with Gasteiger partial charge in [0.2, 0.25) is 0 Å². The number of pyridine rings is 1. The fraction of sp³-hybridized carbons (Fsp3) is 0.744. The molecule has 1 N–H and O–H groups in total. The number of carboxylic acids is 1. The van der Waals surface area contributed by atoms with Gasteiger partial charge in [0.25, 0.3) is 5.91 Å². The third-order valence-electron chi connectivity index (χ3n) is 15.3. The Bertz CT molecular complexity index is 1600. The highest BCUT2D eigenvalue weighted by Crippen LogP contribution is 2.73. The van der Waals surface area contributed by atoms with Gasteiger partial charge in [0.1, 0.15) is 6.10 Å². The van der Waals surface area contributed by atoms with Gasteiger partial charge in [0.15, 0.2) is 5.78 Å². The molecule has 8 heteroatoms. The van der Waals surface area contributed by atoms with Crippen LogP contribution in [0.5, 0.6) is 0 Å². The zero-order chi connectivity index (χ0) is 37.3. The van der Waals surface area contributed by atoms with Crippen molar-refractivity contribution in [2.45, 2.75) is 132 Å². The zero-order valence-corrected chi connectivity index (χ0v) is 32.6. The summed E-state index contributed by atoms with van der Waals surface area (Å²) in [6.45, 7) is 17.8. The van der Waals surface area contributed by atoms with Crippen LogP contribution in [0.25, 0.3) is 0 Å². The summed E-state index contributed by atoms with van der Waals surface area (Å²) in [5.74, 6) is 0.932. The topological polar surface area (TPSA) is 114 Å². The van der Waals surface area contributed by atoms with Crippen LogP contribution in [0.4, 0.5) is 0 Å². The first kappa shape index (κ1) is 37.7. The molecule has 0 aliphatic heterocycles. The number of carboxylic acid groups (broad SMARTS) is 1. The molecule has 0 aromatic carbocycles. The van der Waals surface area contributed by atoms with Crippen LogP contribution in [-0.4, -0.2) is 58.3 Å². The Morgan fingerprint density at radius 1 is 1.00 bits per heavy atom. The van der Waals surface area contributed by atoms with Gasteiger partial charge < -0.3 is 14.7 Å². The highest BCUT2D eigenvalue weighted by molar-refractivity contribution is 6.00. The number of rotatable bonds is 9. The molecule has 1 heterocycles. The summed E-state index contributed by atoms with van der Waals surface area (Å²) < 4.78 is 6.15. The summed E-state index contributed by atoms with van der Waals surface area (Å²) in [4.78, 5) is 57.9. The summed E-state index contributed by atoms with van der Waals surface area (Å²) >= 11 is 0. The number of allylic oxidation sites excluding steroid dienone is 2. The average molecular weight is 703 g/mol. The smallest absolute Gasteiger partial charge is 0.309 e. The number of ether oxygens (including phenoxy) is 1. The summed E-state index contributed by atoms with van der Waals surface area (Å²) in [6.07, 6.45) is 12.7. The first-order valence-corrected chi connectivity index (χ1v) is 19.6. The van der Waals surface area contributed by atoms with E-state index in [9.17, 15) is 24.3 Å². The molecule has 5 aliphatic rings. The number of hydrogen-bond acceptors (Lipinski definition) is 6. The Morgan fingerprint density at radius 2 is 1.71 bits per heavy atom. The van der Waals surface area contributed by atoms with Crippen molar-refractivity contribution in [1.82, 2.24) is 9.88 Å². The number of esters is 1. The highest BCUT2D eigenvalue weighted by atomic mass is 16.5. The number of aliphatic carboxylic acids is 1. The number of aromatic nitrogens is 1. The highest BCUT2D eigenvalue weighted by Gasteiger charge is 2.66. The zero-order valence-electron chi connectivity index (χ0n) is 32.6. The van der Waals surface area contributed by atoms with Gasteiger partial charge in [-0.2, -0.15) is 0 Å². The van der Waals surface area contributed by atoms with E-state index in [1.807, 2.05) is 18.0 Å². The van der Waals surface area contributed by atoms with Crippen molar-refractivity contribution >= 4 is 23.6 Å². The maximum absolute atomic E-state index is 13.9. The van der Waals surface area contributed by atoms with E-state index < -0.39 is 17.4 Å². The minimum absolute atomic E-state index is 0.0262. The van der Waals surface area contributed by atoms with E-state index in [1.165, 1.54) is 5.57 Å². The Morgan fingerprint density at radius 3 is 2.35 bits per heavy atom. The molecule has 280 valence electrons. The Hall–Kier alpha value is -3.03. The van der Waals surface area contributed by atoms with E-state index in [4.69, 9.17) is 4.74 Å². The fourth-order valence-corrected chi connectivity index (χ4v) is 12.8. The molecular formula is C43H62N2O6. The minimum atomic E-state index is -1.16. The van der Waals surface area contributed by atoms with Crippen molar-refractivity contribution < 1.29 is 29.0 Å². The van der Waals surface area contributed by atoms with Crippen LogP contribution >= 0.6 is 0 Å². The van der Waals surface area contributed by atoms with Gasteiger partial charge in [0.05, 0.1) is 17.4 Å². The van der Waals surface area contributed by atoms with E-state index in [-0.39, 0.29) is 46.0 Å². The lowest BCUT2D eigenvalue weighted by atomic mass is 9.36. The summed E-state index contributed by atoms with van der Waals surface area (Å²) in [7, 11) is 1.88. The van der Waals surface area contributed by atoms with E-state index in [2.05, 4.69) is 46.5 Å². The standard InChI is InChI=1S/C43H62N2O6/c1-26(2)35-30(46)23-43(20-22-45(9)37(48)27-11-10-21-44-25-27)19-14-29-28(36(35)43)12-13-32-41(29,7)17-15-31-40(5,6)33(16-18-42(31,32)8)51-34(47)24-39(3,4)38(49)50/h10-11,21,25-26,28-29,31-33H,12-20,22-24H2,1-9H3,(H,49,50). The molecule has 6 rings (SSSR count). The van der Waals surface area contributed by atoms with E-state index in [0.717, 1.165) is 63.4 Å². The largest absolute Gasteiger partial charge is 0.481 e. The monoisotopic (exact) mass is 702 g/mol. The van der Waals surface area contributed by atoms with Crippen LogP contribution in [0.1, 0.15) is 136 Å². The summed E-state index contributed by atoms with van der Waals surface area (Å²) in [5, 5.41) is 9.59. The van der Waals surface area contributed by atoms with Crippen molar-refractivity contribution in [3.8, 4) is 0 Å². The van der Waals surface area contributed by atoms with Gasteiger partial charge in [0, 0.05) is 43.2 Å². The molecule has 51 heavy (non-hydrogen) atoms. The number of carbonyl (C=O) groups is 4.